The van der Waals surface area contributed by atoms with E-state index < -0.39 is 15.9 Å². The van der Waals surface area contributed by atoms with Crippen molar-refractivity contribution in [3.63, 3.8) is 0 Å². The number of aryl methyl sites for hydroxylation is 1. The number of hydrogen-bond acceptors (Lipinski definition) is 5. The van der Waals surface area contributed by atoms with E-state index in [-0.39, 0.29) is 10.6 Å². The third kappa shape index (κ3) is 2.63. The third-order valence-corrected chi connectivity index (χ3v) is 4.82. The predicted octanol–water partition coefficient (Wildman–Crippen LogP) is -1.35. The Bertz CT molecular complexity index is 574. The van der Waals surface area contributed by atoms with E-state index in [4.69, 9.17) is 10.6 Å². The molecular formula is C10H16N4O4S. The van der Waals surface area contributed by atoms with Crippen molar-refractivity contribution in [3.05, 3.63) is 18.0 Å². The van der Waals surface area contributed by atoms with Crippen molar-refractivity contribution in [3.8, 4) is 0 Å². The molecule has 1 aliphatic rings. The van der Waals surface area contributed by atoms with Gasteiger partial charge in [0.25, 0.3) is 5.91 Å². The van der Waals surface area contributed by atoms with E-state index in [0.717, 1.165) is 0 Å². The van der Waals surface area contributed by atoms with Crippen LogP contribution in [0.4, 0.5) is 0 Å². The number of hydrazine groups is 1. The first-order chi connectivity index (χ1) is 8.96. The highest BCUT2D eigenvalue weighted by Crippen LogP contribution is 2.19. The highest BCUT2D eigenvalue weighted by Gasteiger charge is 2.28. The Morgan fingerprint density at radius 3 is 2.63 bits per heavy atom. The average Bonchev–Trinajstić information content (AvgIpc) is 2.81. The van der Waals surface area contributed by atoms with Gasteiger partial charge in [0.2, 0.25) is 10.0 Å². The molecule has 1 aromatic rings. The Balaban J connectivity index is 2.33. The van der Waals surface area contributed by atoms with Gasteiger partial charge in [-0.15, -0.1) is 0 Å². The van der Waals surface area contributed by atoms with Crippen LogP contribution in [0, 0.1) is 0 Å². The van der Waals surface area contributed by atoms with Crippen molar-refractivity contribution in [1.82, 2.24) is 14.3 Å². The number of carbonyl (C=O) groups is 1. The number of rotatable bonds is 3. The van der Waals surface area contributed by atoms with E-state index in [1.54, 1.807) is 7.05 Å². The fourth-order valence-corrected chi connectivity index (χ4v) is 3.39. The van der Waals surface area contributed by atoms with Crippen LogP contribution in [0.5, 0.6) is 0 Å². The van der Waals surface area contributed by atoms with Gasteiger partial charge in [-0.3, -0.25) is 10.2 Å². The molecule has 0 atom stereocenters. The summed E-state index contributed by atoms with van der Waals surface area (Å²) in [6, 6.07) is 1.31. The normalized spacial score (nSPS) is 17.4. The molecule has 0 radical (unpaired) electrons. The Labute approximate surface area is 111 Å². The van der Waals surface area contributed by atoms with E-state index in [9.17, 15) is 13.2 Å². The number of aromatic nitrogens is 1. The van der Waals surface area contributed by atoms with Gasteiger partial charge in [0.1, 0.15) is 10.6 Å². The zero-order valence-corrected chi connectivity index (χ0v) is 11.3. The fourth-order valence-electron chi connectivity index (χ4n) is 1.91. The summed E-state index contributed by atoms with van der Waals surface area (Å²) in [5.41, 5.74) is 2.17. The first-order valence-electron chi connectivity index (χ1n) is 5.72. The van der Waals surface area contributed by atoms with Crippen LogP contribution in [0.25, 0.3) is 0 Å². The zero-order chi connectivity index (χ0) is 14.0. The molecule has 2 rings (SSSR count). The molecule has 0 aromatic carbocycles. The SMILES string of the molecule is Cn1cc(S(=O)(=O)N2CCOCC2)cc1C(=O)NN. The van der Waals surface area contributed by atoms with E-state index >= 15 is 0 Å². The molecule has 106 valence electrons. The van der Waals surface area contributed by atoms with E-state index in [2.05, 4.69) is 0 Å². The summed E-state index contributed by atoms with van der Waals surface area (Å²) in [5, 5.41) is 0. The maximum Gasteiger partial charge on any atom is 0.281 e. The van der Waals surface area contributed by atoms with Gasteiger partial charge < -0.3 is 9.30 Å². The third-order valence-electron chi connectivity index (χ3n) is 2.95. The Morgan fingerprint density at radius 2 is 2.05 bits per heavy atom. The summed E-state index contributed by atoms with van der Waals surface area (Å²) < 4.78 is 32.6. The number of nitrogen functional groups attached to an aromatic ring is 1. The molecule has 9 heteroatoms. The molecule has 1 aromatic heterocycles. The second-order valence-corrected chi connectivity index (χ2v) is 6.10. The molecular weight excluding hydrogens is 272 g/mol. The molecule has 0 bridgehead atoms. The standard InChI is InChI=1S/C10H16N4O4S/c1-13-7-8(6-9(13)10(15)12-11)19(16,17)14-2-4-18-5-3-14/h6-7H,2-5,11H2,1H3,(H,12,15). The Hall–Kier alpha value is -1.42. The largest absolute Gasteiger partial charge is 0.379 e. The van der Waals surface area contributed by atoms with E-state index in [0.29, 0.717) is 26.3 Å². The number of ether oxygens (including phenoxy) is 1. The van der Waals surface area contributed by atoms with E-state index in [1.807, 2.05) is 5.43 Å². The maximum absolute atomic E-state index is 12.4. The van der Waals surface area contributed by atoms with E-state index in [1.165, 1.54) is 21.1 Å². The molecule has 3 N–H and O–H groups in total. The molecule has 1 fully saturated rings. The summed E-state index contributed by atoms with van der Waals surface area (Å²) >= 11 is 0. The summed E-state index contributed by atoms with van der Waals surface area (Å²) in [6.45, 7) is 1.38. The number of nitrogens with one attached hydrogen (secondary N) is 1. The van der Waals surface area contributed by atoms with Crippen LogP contribution < -0.4 is 11.3 Å². The molecule has 1 saturated heterocycles. The van der Waals surface area contributed by atoms with Gasteiger partial charge in [-0.05, 0) is 6.07 Å². The lowest BCUT2D eigenvalue weighted by atomic mass is 10.4. The highest BCUT2D eigenvalue weighted by atomic mass is 32.2. The number of nitrogens with zero attached hydrogens (tertiary/aromatic N) is 2. The summed E-state index contributed by atoms with van der Waals surface area (Å²) in [5.74, 6) is 4.51. The summed E-state index contributed by atoms with van der Waals surface area (Å²) in [4.78, 5) is 11.5. The number of carbonyl (C=O) groups excluding carboxylic acids is 1. The molecule has 2 heterocycles. The van der Waals surface area contributed by atoms with Crippen LogP contribution in [0.3, 0.4) is 0 Å². The van der Waals surface area contributed by atoms with Gasteiger partial charge in [0, 0.05) is 26.3 Å². The van der Waals surface area contributed by atoms with Crippen molar-refractivity contribution < 1.29 is 17.9 Å². The second-order valence-electron chi connectivity index (χ2n) is 4.16. The van der Waals surface area contributed by atoms with Crippen LogP contribution in [0.1, 0.15) is 10.5 Å². The lowest BCUT2D eigenvalue weighted by Gasteiger charge is -2.25. The lowest BCUT2D eigenvalue weighted by molar-refractivity contribution is 0.0730. The van der Waals surface area contributed by atoms with Crippen LogP contribution in [-0.2, 0) is 21.8 Å². The highest BCUT2D eigenvalue weighted by molar-refractivity contribution is 7.89. The number of sulfonamides is 1. The van der Waals surface area contributed by atoms with Gasteiger partial charge in [0.15, 0.2) is 0 Å². The van der Waals surface area contributed by atoms with Crippen LogP contribution in [0.2, 0.25) is 0 Å². The van der Waals surface area contributed by atoms with Gasteiger partial charge in [0.05, 0.1) is 13.2 Å². The predicted molar refractivity (Wildman–Crippen MR) is 66.6 cm³/mol. The molecule has 1 aliphatic heterocycles. The smallest absolute Gasteiger partial charge is 0.281 e. The van der Waals surface area contributed by atoms with Gasteiger partial charge in [-0.1, -0.05) is 0 Å². The van der Waals surface area contributed by atoms with Crippen LogP contribution in [-0.4, -0.2) is 49.5 Å². The van der Waals surface area contributed by atoms with Crippen LogP contribution in [0.15, 0.2) is 17.2 Å². The lowest BCUT2D eigenvalue weighted by Crippen LogP contribution is -2.40. The number of morpholine rings is 1. The maximum atomic E-state index is 12.4. The topological polar surface area (TPSA) is 107 Å². The van der Waals surface area contributed by atoms with Gasteiger partial charge in [-0.25, -0.2) is 14.3 Å². The second kappa shape index (κ2) is 5.29. The van der Waals surface area contributed by atoms with Crippen LogP contribution >= 0.6 is 0 Å². The quantitative estimate of drug-likeness (QED) is 0.406. The molecule has 0 unspecified atom stereocenters. The van der Waals surface area contributed by atoms with Crippen molar-refractivity contribution in [2.75, 3.05) is 26.3 Å². The minimum Gasteiger partial charge on any atom is -0.379 e. The minimum absolute atomic E-state index is 0.0792. The Morgan fingerprint density at radius 1 is 1.42 bits per heavy atom. The van der Waals surface area contributed by atoms with Crippen molar-refractivity contribution >= 4 is 15.9 Å². The monoisotopic (exact) mass is 288 g/mol. The molecule has 8 nitrogen and oxygen atoms in total. The number of amides is 1. The van der Waals surface area contributed by atoms with Gasteiger partial charge >= 0.3 is 0 Å². The number of hydrogen-bond donors (Lipinski definition) is 2. The average molecular weight is 288 g/mol. The molecule has 19 heavy (non-hydrogen) atoms. The summed E-state index contributed by atoms with van der Waals surface area (Å²) in [6.07, 6.45) is 1.40. The molecule has 0 aliphatic carbocycles. The van der Waals surface area contributed by atoms with Crippen molar-refractivity contribution in [1.29, 1.82) is 0 Å². The fraction of sp³-hybridized carbons (Fsp3) is 0.500. The van der Waals surface area contributed by atoms with Gasteiger partial charge in [-0.2, -0.15) is 4.31 Å². The first kappa shape index (κ1) is 14.0. The minimum atomic E-state index is -3.59. The summed E-state index contributed by atoms with van der Waals surface area (Å²) in [7, 11) is -2.01. The molecule has 0 spiro atoms. The van der Waals surface area contributed by atoms with Crippen molar-refractivity contribution in [2.45, 2.75) is 4.90 Å². The number of nitrogens with two attached hydrogens (primary N) is 1. The molecule has 0 saturated carbocycles. The van der Waals surface area contributed by atoms with Crippen molar-refractivity contribution in [2.24, 2.45) is 12.9 Å². The first-order valence-corrected chi connectivity index (χ1v) is 7.16. The molecule has 1 amide bonds. The zero-order valence-electron chi connectivity index (χ0n) is 10.5. The Kier molecular flexibility index (Phi) is 3.90.